The lowest BCUT2D eigenvalue weighted by atomic mass is 10.1. The zero-order chi connectivity index (χ0) is 16.8. The van der Waals surface area contributed by atoms with Crippen LogP contribution in [0.15, 0.2) is 48.5 Å². The standard InChI is InChI=1S/C18H19FN2O2/c1-20-18(23)15-8-6-13(7-9-15)12-21(2)17(22)11-14-4-3-5-16(19)10-14/h3-10H,11-12H2,1-2H3,(H,20,23). The minimum Gasteiger partial charge on any atom is -0.355 e. The Hall–Kier alpha value is -2.69. The van der Waals surface area contributed by atoms with Gasteiger partial charge in [0.1, 0.15) is 5.82 Å². The molecule has 2 rings (SSSR count). The van der Waals surface area contributed by atoms with Crippen molar-refractivity contribution >= 4 is 11.8 Å². The number of amides is 2. The van der Waals surface area contributed by atoms with E-state index in [2.05, 4.69) is 5.32 Å². The second-order valence-corrected chi connectivity index (χ2v) is 5.33. The van der Waals surface area contributed by atoms with Crippen LogP contribution in [0.4, 0.5) is 4.39 Å². The normalized spacial score (nSPS) is 10.2. The van der Waals surface area contributed by atoms with E-state index in [0.717, 1.165) is 5.56 Å². The van der Waals surface area contributed by atoms with Gasteiger partial charge in [-0.05, 0) is 35.4 Å². The number of nitrogens with one attached hydrogen (secondary N) is 1. The number of hydrogen-bond donors (Lipinski definition) is 1. The zero-order valence-electron chi connectivity index (χ0n) is 13.2. The summed E-state index contributed by atoms with van der Waals surface area (Å²) in [6.07, 6.45) is 0.157. The summed E-state index contributed by atoms with van der Waals surface area (Å²) in [4.78, 5) is 25.3. The first-order valence-electron chi connectivity index (χ1n) is 7.29. The molecule has 120 valence electrons. The smallest absolute Gasteiger partial charge is 0.251 e. The first-order chi connectivity index (χ1) is 11.0. The van der Waals surface area contributed by atoms with Crippen LogP contribution in [0.25, 0.3) is 0 Å². The summed E-state index contributed by atoms with van der Waals surface area (Å²) in [6, 6.07) is 13.1. The molecule has 1 N–H and O–H groups in total. The first-order valence-corrected chi connectivity index (χ1v) is 7.29. The SMILES string of the molecule is CNC(=O)c1ccc(CN(C)C(=O)Cc2cccc(F)c2)cc1. The van der Waals surface area contributed by atoms with E-state index < -0.39 is 0 Å². The largest absolute Gasteiger partial charge is 0.355 e. The molecular formula is C18H19FN2O2. The molecule has 0 saturated heterocycles. The van der Waals surface area contributed by atoms with E-state index in [1.807, 2.05) is 12.1 Å². The third-order valence-electron chi connectivity index (χ3n) is 3.53. The fraction of sp³-hybridized carbons (Fsp3) is 0.222. The van der Waals surface area contributed by atoms with E-state index in [-0.39, 0.29) is 24.1 Å². The Morgan fingerprint density at radius 2 is 1.78 bits per heavy atom. The van der Waals surface area contributed by atoms with Crippen LogP contribution in [0, 0.1) is 5.82 Å². The predicted octanol–water partition coefficient (Wildman–Crippen LogP) is 2.39. The summed E-state index contributed by atoms with van der Waals surface area (Å²) in [5.74, 6) is -0.583. The first kappa shape index (κ1) is 16.7. The van der Waals surface area contributed by atoms with Gasteiger partial charge in [0.05, 0.1) is 6.42 Å². The highest BCUT2D eigenvalue weighted by molar-refractivity contribution is 5.93. The molecule has 0 fully saturated rings. The predicted molar refractivity (Wildman–Crippen MR) is 86.4 cm³/mol. The summed E-state index contributed by atoms with van der Waals surface area (Å²) in [7, 11) is 3.28. The molecule has 0 atom stereocenters. The van der Waals surface area contributed by atoms with Crippen LogP contribution in [-0.4, -0.2) is 30.8 Å². The summed E-state index contributed by atoms with van der Waals surface area (Å²) in [5.41, 5.74) is 2.15. The van der Waals surface area contributed by atoms with Gasteiger partial charge in [0, 0.05) is 26.2 Å². The average molecular weight is 314 g/mol. The van der Waals surface area contributed by atoms with Crippen molar-refractivity contribution in [2.45, 2.75) is 13.0 Å². The minimum atomic E-state index is -0.345. The van der Waals surface area contributed by atoms with E-state index in [1.165, 1.54) is 12.1 Å². The number of benzene rings is 2. The molecule has 2 aromatic carbocycles. The fourth-order valence-corrected chi connectivity index (χ4v) is 2.22. The fourth-order valence-electron chi connectivity index (χ4n) is 2.22. The molecule has 4 nitrogen and oxygen atoms in total. The quantitative estimate of drug-likeness (QED) is 0.921. The Kier molecular flexibility index (Phi) is 5.46. The Bertz CT molecular complexity index is 698. The number of likely N-dealkylation sites (N-methyl/N-ethyl adjacent to an activating group) is 1. The highest BCUT2D eigenvalue weighted by atomic mass is 19.1. The topological polar surface area (TPSA) is 49.4 Å². The lowest BCUT2D eigenvalue weighted by Gasteiger charge is -2.17. The van der Waals surface area contributed by atoms with Crippen LogP contribution in [0.5, 0.6) is 0 Å². The molecule has 0 aromatic heterocycles. The van der Waals surface area contributed by atoms with Crippen LogP contribution in [0.2, 0.25) is 0 Å². The van der Waals surface area contributed by atoms with E-state index in [9.17, 15) is 14.0 Å². The third-order valence-corrected chi connectivity index (χ3v) is 3.53. The van der Waals surface area contributed by atoms with Crippen LogP contribution in [-0.2, 0) is 17.8 Å². The van der Waals surface area contributed by atoms with E-state index >= 15 is 0 Å². The summed E-state index contributed by atoms with van der Waals surface area (Å²) in [6.45, 7) is 0.433. The molecule has 0 aliphatic heterocycles. The van der Waals surface area contributed by atoms with Gasteiger partial charge >= 0.3 is 0 Å². The second kappa shape index (κ2) is 7.54. The van der Waals surface area contributed by atoms with Gasteiger partial charge in [0.2, 0.25) is 5.91 Å². The Morgan fingerprint density at radius 1 is 1.09 bits per heavy atom. The average Bonchev–Trinajstić information content (AvgIpc) is 2.54. The lowest BCUT2D eigenvalue weighted by Crippen LogP contribution is -2.27. The van der Waals surface area contributed by atoms with E-state index in [0.29, 0.717) is 17.7 Å². The molecule has 0 unspecified atom stereocenters. The molecule has 23 heavy (non-hydrogen) atoms. The van der Waals surface area contributed by atoms with Gasteiger partial charge in [-0.25, -0.2) is 4.39 Å². The van der Waals surface area contributed by atoms with E-state index in [1.54, 1.807) is 43.3 Å². The second-order valence-electron chi connectivity index (χ2n) is 5.33. The maximum absolute atomic E-state index is 13.1. The molecule has 0 radical (unpaired) electrons. The van der Waals surface area contributed by atoms with Gasteiger partial charge in [0.25, 0.3) is 5.91 Å². The number of rotatable bonds is 5. The third kappa shape index (κ3) is 4.64. The van der Waals surface area contributed by atoms with Gasteiger partial charge in [-0.1, -0.05) is 24.3 Å². The Labute approximate surface area is 134 Å². The highest BCUT2D eigenvalue weighted by Crippen LogP contribution is 2.10. The Balaban J connectivity index is 1.96. The minimum absolute atomic E-state index is 0.0917. The van der Waals surface area contributed by atoms with Crippen LogP contribution >= 0.6 is 0 Å². The maximum atomic E-state index is 13.1. The van der Waals surface area contributed by atoms with Gasteiger partial charge < -0.3 is 10.2 Å². The van der Waals surface area contributed by atoms with Crippen molar-refractivity contribution in [2.24, 2.45) is 0 Å². The van der Waals surface area contributed by atoms with Crippen LogP contribution in [0.3, 0.4) is 0 Å². The molecule has 0 saturated carbocycles. The molecule has 0 aliphatic carbocycles. The number of carbonyl (C=O) groups excluding carboxylic acids is 2. The summed E-state index contributed by atoms with van der Waals surface area (Å²) in [5, 5.41) is 2.56. The molecular weight excluding hydrogens is 295 g/mol. The van der Waals surface area contributed by atoms with Gasteiger partial charge in [-0.15, -0.1) is 0 Å². The lowest BCUT2D eigenvalue weighted by molar-refractivity contribution is -0.129. The highest BCUT2D eigenvalue weighted by Gasteiger charge is 2.11. The number of carbonyl (C=O) groups is 2. The van der Waals surface area contributed by atoms with Crippen molar-refractivity contribution in [3.63, 3.8) is 0 Å². The number of hydrogen-bond acceptors (Lipinski definition) is 2. The van der Waals surface area contributed by atoms with Crippen molar-refractivity contribution in [3.05, 3.63) is 71.0 Å². The number of nitrogens with zero attached hydrogens (tertiary/aromatic N) is 1. The maximum Gasteiger partial charge on any atom is 0.251 e. The van der Waals surface area contributed by atoms with Crippen molar-refractivity contribution in [2.75, 3.05) is 14.1 Å². The number of halogens is 1. The van der Waals surface area contributed by atoms with Crippen molar-refractivity contribution in [3.8, 4) is 0 Å². The molecule has 0 spiro atoms. The van der Waals surface area contributed by atoms with Gasteiger partial charge in [0.15, 0.2) is 0 Å². The van der Waals surface area contributed by atoms with E-state index in [4.69, 9.17) is 0 Å². The van der Waals surface area contributed by atoms with Crippen LogP contribution in [0.1, 0.15) is 21.5 Å². The monoisotopic (exact) mass is 314 g/mol. The molecule has 2 aromatic rings. The molecule has 0 heterocycles. The molecule has 2 amide bonds. The van der Waals surface area contributed by atoms with Crippen molar-refractivity contribution in [1.82, 2.24) is 10.2 Å². The molecule has 0 aliphatic rings. The van der Waals surface area contributed by atoms with Crippen LogP contribution < -0.4 is 5.32 Å². The summed E-state index contributed by atoms with van der Waals surface area (Å²) >= 11 is 0. The van der Waals surface area contributed by atoms with Gasteiger partial charge in [-0.3, -0.25) is 9.59 Å². The van der Waals surface area contributed by atoms with Gasteiger partial charge in [-0.2, -0.15) is 0 Å². The van der Waals surface area contributed by atoms with Crippen molar-refractivity contribution in [1.29, 1.82) is 0 Å². The van der Waals surface area contributed by atoms with Crippen molar-refractivity contribution < 1.29 is 14.0 Å². The molecule has 5 heteroatoms. The Morgan fingerprint density at radius 3 is 2.39 bits per heavy atom. The molecule has 0 bridgehead atoms. The zero-order valence-corrected chi connectivity index (χ0v) is 13.2. The summed E-state index contributed by atoms with van der Waals surface area (Å²) < 4.78 is 13.1.